The minimum Gasteiger partial charge on any atom is -0.349 e. The summed E-state index contributed by atoms with van der Waals surface area (Å²) in [5.41, 5.74) is 6.08. The summed E-state index contributed by atoms with van der Waals surface area (Å²) in [7, 11) is 3.41. The first kappa shape index (κ1) is 22.3. The summed E-state index contributed by atoms with van der Waals surface area (Å²) in [4.78, 5) is 41.4. The van der Waals surface area contributed by atoms with Crippen LogP contribution < -0.4 is 16.4 Å². The molecule has 0 radical (unpaired) electrons. The van der Waals surface area contributed by atoms with Crippen LogP contribution in [0.5, 0.6) is 0 Å². The van der Waals surface area contributed by atoms with Crippen LogP contribution in [-0.2, 0) is 14.4 Å². The molecule has 26 heavy (non-hydrogen) atoms. The molecule has 1 aliphatic rings. The zero-order valence-corrected chi connectivity index (χ0v) is 17.0. The molecular weight excluding hydrogens is 426 g/mol. The van der Waals surface area contributed by atoms with Crippen LogP contribution in [-0.4, -0.2) is 53.8 Å². The Kier molecular flexibility index (Phi) is 8.45. The van der Waals surface area contributed by atoms with Gasteiger partial charge in [0.25, 0.3) is 0 Å². The van der Waals surface area contributed by atoms with Crippen molar-refractivity contribution in [3.8, 4) is 0 Å². The zero-order chi connectivity index (χ0) is 18.6. The lowest BCUT2D eigenvalue weighted by atomic mass is 9.82. The first-order chi connectivity index (χ1) is 11.8. The van der Waals surface area contributed by atoms with Crippen molar-refractivity contribution in [2.75, 3.05) is 19.4 Å². The van der Waals surface area contributed by atoms with E-state index in [0.29, 0.717) is 24.3 Å². The summed E-state index contributed by atoms with van der Waals surface area (Å²) in [5, 5.41) is 5.46. The molecule has 1 heterocycles. The highest BCUT2D eigenvalue weighted by Gasteiger charge is 2.34. The number of hydrogen-bond acceptors (Lipinski definition) is 5. The SMILES string of the molecule is Br.CN(C)C(=O)[C@H]1CC[C@H](NC(=O)C(=O)Nc2ccc(Cl)cn2)[C@H](N)C1. The Hall–Kier alpha value is -1.71. The summed E-state index contributed by atoms with van der Waals surface area (Å²) in [6, 6.07) is 2.33. The number of carbonyl (C=O) groups excluding carboxylic acids is 3. The van der Waals surface area contributed by atoms with E-state index < -0.39 is 11.8 Å². The van der Waals surface area contributed by atoms with Crippen molar-refractivity contribution in [3.05, 3.63) is 23.4 Å². The number of nitrogens with two attached hydrogens (primary N) is 1. The van der Waals surface area contributed by atoms with Crippen LogP contribution >= 0.6 is 28.6 Å². The van der Waals surface area contributed by atoms with Crippen molar-refractivity contribution in [2.24, 2.45) is 11.7 Å². The Labute approximate surface area is 167 Å². The van der Waals surface area contributed by atoms with Crippen molar-refractivity contribution in [1.29, 1.82) is 0 Å². The first-order valence-electron chi connectivity index (χ1n) is 7.98. The van der Waals surface area contributed by atoms with Crippen molar-refractivity contribution in [2.45, 2.75) is 31.3 Å². The number of amides is 3. The predicted molar refractivity (Wildman–Crippen MR) is 104 cm³/mol. The fourth-order valence-corrected chi connectivity index (χ4v) is 2.94. The molecule has 1 saturated carbocycles. The van der Waals surface area contributed by atoms with Gasteiger partial charge in [-0.05, 0) is 31.4 Å². The van der Waals surface area contributed by atoms with E-state index in [4.69, 9.17) is 17.3 Å². The van der Waals surface area contributed by atoms with E-state index in [9.17, 15) is 14.4 Å². The number of halogens is 2. The maximum atomic E-state index is 12.0. The van der Waals surface area contributed by atoms with E-state index in [1.165, 1.54) is 12.3 Å². The van der Waals surface area contributed by atoms with Crippen LogP contribution in [0, 0.1) is 5.92 Å². The van der Waals surface area contributed by atoms with Crippen LogP contribution in [0.3, 0.4) is 0 Å². The second-order valence-electron chi connectivity index (χ2n) is 6.30. The molecular formula is C16H23BrClN5O3. The molecule has 1 aliphatic carbocycles. The van der Waals surface area contributed by atoms with E-state index in [0.717, 1.165) is 0 Å². The van der Waals surface area contributed by atoms with Gasteiger partial charge in [0.15, 0.2) is 0 Å². The normalized spacial score (nSPS) is 21.9. The average Bonchev–Trinajstić information content (AvgIpc) is 2.57. The van der Waals surface area contributed by atoms with Crippen LogP contribution in [0.2, 0.25) is 5.02 Å². The Morgan fingerprint density at radius 1 is 1.23 bits per heavy atom. The minimum atomic E-state index is -0.825. The molecule has 3 atom stereocenters. The maximum absolute atomic E-state index is 12.0. The molecule has 8 nitrogen and oxygen atoms in total. The van der Waals surface area contributed by atoms with Crippen LogP contribution in [0.15, 0.2) is 18.3 Å². The number of nitrogens with zero attached hydrogens (tertiary/aromatic N) is 2. The maximum Gasteiger partial charge on any atom is 0.314 e. The summed E-state index contributed by atoms with van der Waals surface area (Å²) in [5.74, 6) is -1.49. The van der Waals surface area contributed by atoms with Crippen LogP contribution in [0.1, 0.15) is 19.3 Å². The van der Waals surface area contributed by atoms with E-state index in [1.807, 2.05) is 0 Å². The molecule has 1 aromatic rings. The molecule has 1 fully saturated rings. The first-order valence-corrected chi connectivity index (χ1v) is 8.36. The lowest BCUT2D eigenvalue weighted by Gasteiger charge is -2.34. The fourth-order valence-electron chi connectivity index (χ4n) is 2.83. The number of rotatable bonds is 3. The Bertz CT molecular complexity index is 656. The van der Waals surface area contributed by atoms with Gasteiger partial charge in [0, 0.05) is 38.3 Å². The van der Waals surface area contributed by atoms with Crippen LogP contribution in [0.25, 0.3) is 0 Å². The molecule has 0 aliphatic heterocycles. The summed E-state index contributed by atoms with van der Waals surface area (Å²) in [6.07, 6.45) is 3.01. The van der Waals surface area contributed by atoms with Gasteiger partial charge in [0.2, 0.25) is 5.91 Å². The Balaban J connectivity index is 0.00000338. The van der Waals surface area contributed by atoms with E-state index in [1.54, 1.807) is 25.1 Å². The second-order valence-corrected chi connectivity index (χ2v) is 6.74. The number of anilines is 1. The molecule has 4 N–H and O–H groups in total. The highest BCUT2D eigenvalue weighted by atomic mass is 79.9. The van der Waals surface area contributed by atoms with Gasteiger partial charge >= 0.3 is 11.8 Å². The second kappa shape index (κ2) is 9.84. The van der Waals surface area contributed by atoms with Gasteiger partial charge in [-0.15, -0.1) is 17.0 Å². The number of hydrogen-bond donors (Lipinski definition) is 3. The lowest BCUT2D eigenvalue weighted by molar-refractivity contribution is -0.137. The third-order valence-corrected chi connectivity index (χ3v) is 4.40. The topological polar surface area (TPSA) is 117 Å². The van der Waals surface area contributed by atoms with Crippen molar-refractivity contribution >= 4 is 52.1 Å². The largest absolute Gasteiger partial charge is 0.349 e. The quantitative estimate of drug-likeness (QED) is 0.595. The molecule has 144 valence electrons. The summed E-state index contributed by atoms with van der Waals surface area (Å²) < 4.78 is 0. The third-order valence-electron chi connectivity index (χ3n) is 4.18. The molecule has 0 aromatic carbocycles. The standard InChI is InChI=1S/C16H22ClN5O3.BrH/c1-22(2)16(25)9-3-5-12(11(18)7-9)20-14(23)15(24)21-13-6-4-10(17)8-19-13;/h4,6,8-9,11-12H,3,5,7,18H2,1-2H3,(H,20,23)(H,19,21,24);1H/t9-,11+,12-;/m0./s1. The number of pyridine rings is 1. The van der Waals surface area contributed by atoms with Gasteiger partial charge in [0.05, 0.1) is 5.02 Å². The fraction of sp³-hybridized carbons (Fsp3) is 0.500. The molecule has 2 rings (SSSR count). The van der Waals surface area contributed by atoms with Gasteiger partial charge in [-0.3, -0.25) is 14.4 Å². The molecule has 0 bridgehead atoms. The van der Waals surface area contributed by atoms with E-state index in [-0.39, 0.29) is 46.7 Å². The highest BCUT2D eigenvalue weighted by Crippen LogP contribution is 2.25. The zero-order valence-electron chi connectivity index (χ0n) is 14.6. The Morgan fingerprint density at radius 2 is 1.92 bits per heavy atom. The highest BCUT2D eigenvalue weighted by molar-refractivity contribution is 8.93. The third kappa shape index (κ3) is 5.93. The van der Waals surface area contributed by atoms with Gasteiger partial charge in [-0.25, -0.2) is 4.98 Å². The predicted octanol–water partition coefficient (Wildman–Crippen LogP) is 0.952. The summed E-state index contributed by atoms with van der Waals surface area (Å²) >= 11 is 5.71. The molecule has 1 aromatic heterocycles. The van der Waals surface area contributed by atoms with E-state index in [2.05, 4.69) is 15.6 Å². The molecule has 10 heteroatoms. The van der Waals surface area contributed by atoms with Gasteiger partial charge in [0.1, 0.15) is 5.82 Å². The number of nitrogens with one attached hydrogen (secondary N) is 2. The van der Waals surface area contributed by atoms with Crippen molar-refractivity contribution < 1.29 is 14.4 Å². The average molecular weight is 449 g/mol. The van der Waals surface area contributed by atoms with E-state index >= 15 is 0 Å². The molecule has 0 saturated heterocycles. The smallest absolute Gasteiger partial charge is 0.314 e. The number of aromatic nitrogens is 1. The van der Waals surface area contributed by atoms with Gasteiger partial charge in [-0.2, -0.15) is 0 Å². The molecule has 0 unspecified atom stereocenters. The molecule has 3 amide bonds. The van der Waals surface area contributed by atoms with Gasteiger partial charge < -0.3 is 21.3 Å². The monoisotopic (exact) mass is 447 g/mol. The minimum absolute atomic E-state index is 0. The van der Waals surface area contributed by atoms with Gasteiger partial charge in [-0.1, -0.05) is 11.6 Å². The van der Waals surface area contributed by atoms with Crippen LogP contribution in [0.4, 0.5) is 5.82 Å². The summed E-state index contributed by atoms with van der Waals surface area (Å²) in [6.45, 7) is 0. The molecule has 0 spiro atoms. The lowest BCUT2D eigenvalue weighted by Crippen LogP contribution is -2.54. The van der Waals surface area contributed by atoms with Crippen molar-refractivity contribution in [1.82, 2.24) is 15.2 Å². The Morgan fingerprint density at radius 3 is 2.46 bits per heavy atom. The number of carbonyl (C=O) groups is 3. The van der Waals surface area contributed by atoms with Crippen molar-refractivity contribution in [3.63, 3.8) is 0 Å².